The van der Waals surface area contributed by atoms with Crippen molar-refractivity contribution in [3.63, 3.8) is 0 Å². The maximum atomic E-state index is 12.0. The van der Waals surface area contributed by atoms with E-state index >= 15 is 0 Å². The maximum Gasteiger partial charge on any atom is 0.453 e. The zero-order chi connectivity index (χ0) is 29.4. The molecule has 3 aliphatic rings. The van der Waals surface area contributed by atoms with Crippen molar-refractivity contribution in [2.75, 3.05) is 13.2 Å². The number of carboxylic acids is 2. The van der Waals surface area contributed by atoms with E-state index in [1.54, 1.807) is 6.07 Å². The van der Waals surface area contributed by atoms with E-state index in [1.165, 1.54) is 18.4 Å². The average Bonchev–Trinajstić information content (AvgIpc) is 3.92. The first-order valence-corrected chi connectivity index (χ1v) is 14.5. The van der Waals surface area contributed by atoms with E-state index in [-0.39, 0.29) is 24.1 Å². The minimum atomic E-state index is -2.85. The molecule has 0 amide bonds. The highest BCUT2D eigenvalue weighted by atomic mass is 16.8. The van der Waals surface area contributed by atoms with Gasteiger partial charge in [-0.1, -0.05) is 48.5 Å². The summed E-state index contributed by atoms with van der Waals surface area (Å²) in [7, 11) is 0. The van der Waals surface area contributed by atoms with Crippen molar-refractivity contribution in [1.29, 1.82) is 0 Å². The molecule has 3 aromatic rings. The van der Waals surface area contributed by atoms with Crippen molar-refractivity contribution < 1.29 is 39.1 Å². The number of aliphatic hydroxyl groups is 1. The third-order valence-corrected chi connectivity index (χ3v) is 8.11. The molecule has 220 valence electrons. The molecule has 3 aromatic carbocycles. The number of benzene rings is 3. The van der Waals surface area contributed by atoms with Gasteiger partial charge in [0.25, 0.3) is 0 Å². The van der Waals surface area contributed by atoms with Gasteiger partial charge >= 0.3 is 17.7 Å². The van der Waals surface area contributed by atoms with Crippen molar-refractivity contribution >= 4 is 11.9 Å². The normalized spacial score (nSPS) is 18.3. The number of carbonyl (C=O) groups is 2. The molecule has 0 radical (unpaired) electrons. The molecular formula is C33H35NO8. The van der Waals surface area contributed by atoms with Crippen LogP contribution in [0.15, 0.2) is 60.7 Å². The number of fused-ring (bicyclic) bond motifs is 1. The molecule has 2 atom stereocenters. The predicted molar refractivity (Wildman–Crippen MR) is 154 cm³/mol. The molecule has 6 rings (SSSR count). The SMILES string of the molecule is CC(Cc1ccc2c(c1-c1ccccc1C1CC1)OC(C(=O)O)(C(=O)O)O2)NCC(O)COc1ccccc1C1CC1. The van der Waals surface area contributed by atoms with Gasteiger partial charge in [0.05, 0.1) is 0 Å². The molecule has 2 saturated carbocycles. The molecule has 0 saturated heterocycles. The van der Waals surface area contributed by atoms with E-state index in [0.29, 0.717) is 30.4 Å². The van der Waals surface area contributed by atoms with E-state index in [0.717, 1.165) is 35.3 Å². The molecule has 9 nitrogen and oxygen atoms in total. The third kappa shape index (κ3) is 5.54. The number of carboxylic acid groups (broad SMARTS) is 2. The molecule has 0 spiro atoms. The maximum absolute atomic E-state index is 12.0. The predicted octanol–water partition coefficient (Wildman–Crippen LogP) is 4.71. The summed E-state index contributed by atoms with van der Waals surface area (Å²) in [5.41, 5.74) is 4.66. The monoisotopic (exact) mass is 573 g/mol. The zero-order valence-electron chi connectivity index (χ0n) is 23.4. The van der Waals surface area contributed by atoms with Crippen molar-refractivity contribution in [3.8, 4) is 28.4 Å². The van der Waals surface area contributed by atoms with Crippen molar-refractivity contribution in [3.05, 3.63) is 77.4 Å². The van der Waals surface area contributed by atoms with Crippen LogP contribution in [0, 0.1) is 0 Å². The Bertz CT molecular complexity index is 1480. The zero-order valence-corrected chi connectivity index (χ0v) is 23.4. The van der Waals surface area contributed by atoms with Crippen LogP contribution >= 0.6 is 0 Å². The van der Waals surface area contributed by atoms with Crippen LogP contribution in [-0.2, 0) is 16.0 Å². The van der Waals surface area contributed by atoms with Gasteiger partial charge in [0.1, 0.15) is 18.5 Å². The summed E-state index contributed by atoms with van der Waals surface area (Å²) in [6, 6.07) is 19.2. The molecular weight excluding hydrogens is 538 g/mol. The first-order chi connectivity index (χ1) is 20.3. The number of ether oxygens (including phenoxy) is 3. The standard InChI is InChI=1S/C33H35NO8/c1-19(34-17-23(35)18-40-27-9-5-4-7-25(27)21-12-13-21)16-22-14-15-28-30(42-33(41-28,31(36)37)32(38)39)29(22)26-8-3-2-6-24(26)20-10-11-20/h2-9,14-15,19-21,23,34-35H,10-13,16-18H2,1H3,(H,36,37)(H,38,39). The Balaban J connectivity index is 1.20. The van der Waals surface area contributed by atoms with Crippen LogP contribution in [0.5, 0.6) is 17.2 Å². The number of aliphatic hydroxyl groups excluding tert-OH is 1. The quantitative estimate of drug-likeness (QED) is 0.215. The van der Waals surface area contributed by atoms with Crippen LogP contribution in [-0.4, -0.2) is 58.3 Å². The number of nitrogens with one attached hydrogen (secondary N) is 1. The van der Waals surface area contributed by atoms with Crippen molar-refractivity contribution in [2.24, 2.45) is 0 Å². The lowest BCUT2D eigenvalue weighted by Gasteiger charge is -2.21. The molecule has 1 heterocycles. The van der Waals surface area contributed by atoms with Gasteiger partial charge in [-0.15, -0.1) is 0 Å². The van der Waals surface area contributed by atoms with Gasteiger partial charge in [-0.2, -0.15) is 0 Å². The highest BCUT2D eigenvalue weighted by Crippen LogP contribution is 2.52. The van der Waals surface area contributed by atoms with Crippen LogP contribution in [0.3, 0.4) is 0 Å². The summed E-state index contributed by atoms with van der Waals surface area (Å²) in [6.07, 6.45) is 4.23. The molecule has 2 fully saturated rings. The second-order valence-corrected chi connectivity index (χ2v) is 11.5. The summed E-state index contributed by atoms with van der Waals surface area (Å²) in [5, 5.41) is 33.5. The van der Waals surface area contributed by atoms with Crippen LogP contribution in [0.4, 0.5) is 0 Å². The molecule has 0 aromatic heterocycles. The Morgan fingerprint density at radius 3 is 2.26 bits per heavy atom. The number of hydrogen-bond acceptors (Lipinski definition) is 7. The lowest BCUT2D eigenvalue weighted by Crippen LogP contribution is -2.54. The van der Waals surface area contributed by atoms with E-state index in [2.05, 4.69) is 11.4 Å². The Morgan fingerprint density at radius 1 is 0.929 bits per heavy atom. The highest BCUT2D eigenvalue weighted by Gasteiger charge is 2.58. The topological polar surface area (TPSA) is 135 Å². The molecule has 2 unspecified atom stereocenters. The fourth-order valence-electron chi connectivity index (χ4n) is 5.64. The Kier molecular flexibility index (Phi) is 7.55. The second kappa shape index (κ2) is 11.3. The largest absolute Gasteiger partial charge is 0.491 e. The first-order valence-electron chi connectivity index (χ1n) is 14.5. The van der Waals surface area contributed by atoms with E-state index in [4.69, 9.17) is 14.2 Å². The summed E-state index contributed by atoms with van der Waals surface area (Å²) >= 11 is 0. The fraction of sp³-hybridized carbons (Fsp3) is 0.394. The average molecular weight is 574 g/mol. The molecule has 1 aliphatic heterocycles. The van der Waals surface area contributed by atoms with Gasteiger partial charge in [0.2, 0.25) is 0 Å². The first kappa shape index (κ1) is 28.1. The number of para-hydroxylation sites is 1. The Hall–Kier alpha value is -4.08. The van der Waals surface area contributed by atoms with Crippen LogP contribution in [0.1, 0.15) is 61.1 Å². The van der Waals surface area contributed by atoms with Gasteiger partial charge in [-0.05, 0) is 85.3 Å². The summed E-state index contributed by atoms with van der Waals surface area (Å²) in [4.78, 5) is 24.0. The summed E-state index contributed by atoms with van der Waals surface area (Å²) < 4.78 is 17.1. The molecule has 9 heteroatoms. The van der Waals surface area contributed by atoms with Crippen molar-refractivity contribution in [1.82, 2.24) is 5.32 Å². The number of aliphatic carboxylic acids is 2. The van der Waals surface area contributed by atoms with Gasteiger partial charge in [-0.3, -0.25) is 0 Å². The molecule has 42 heavy (non-hydrogen) atoms. The van der Waals surface area contributed by atoms with E-state index in [9.17, 15) is 24.9 Å². The summed E-state index contributed by atoms with van der Waals surface area (Å²) in [6.45, 7) is 2.47. The number of rotatable bonds is 13. The fourth-order valence-corrected chi connectivity index (χ4v) is 5.64. The van der Waals surface area contributed by atoms with Crippen molar-refractivity contribution in [2.45, 2.75) is 68.8 Å². The smallest absolute Gasteiger partial charge is 0.453 e. The van der Waals surface area contributed by atoms with Crippen LogP contribution in [0.25, 0.3) is 11.1 Å². The van der Waals surface area contributed by atoms with Crippen LogP contribution < -0.4 is 19.5 Å². The van der Waals surface area contributed by atoms with Gasteiger partial charge < -0.3 is 34.8 Å². The molecule has 0 bridgehead atoms. The lowest BCUT2D eigenvalue weighted by atomic mass is 9.90. The second-order valence-electron chi connectivity index (χ2n) is 11.5. The van der Waals surface area contributed by atoms with E-state index in [1.807, 2.05) is 55.5 Å². The Labute approximate surface area is 244 Å². The minimum absolute atomic E-state index is 0.0730. The van der Waals surface area contributed by atoms with E-state index < -0.39 is 23.8 Å². The van der Waals surface area contributed by atoms with Gasteiger partial charge in [0.15, 0.2) is 11.5 Å². The minimum Gasteiger partial charge on any atom is -0.491 e. The lowest BCUT2D eigenvalue weighted by molar-refractivity contribution is -0.194. The number of hydrogen-bond donors (Lipinski definition) is 4. The summed E-state index contributed by atoms with van der Waals surface area (Å²) in [5.74, 6) is -4.38. The van der Waals surface area contributed by atoms with Crippen LogP contribution in [0.2, 0.25) is 0 Å². The highest BCUT2D eigenvalue weighted by molar-refractivity contribution is 6.02. The molecule has 2 aliphatic carbocycles. The Morgan fingerprint density at radius 2 is 1.57 bits per heavy atom. The van der Waals surface area contributed by atoms with Gasteiger partial charge in [-0.25, -0.2) is 9.59 Å². The molecule has 4 N–H and O–H groups in total. The van der Waals surface area contributed by atoms with Gasteiger partial charge in [0, 0.05) is 18.2 Å². The third-order valence-electron chi connectivity index (χ3n) is 8.11.